The Hall–Kier alpha value is -1.75. The van der Waals surface area contributed by atoms with Gasteiger partial charge >= 0.3 is 0 Å². The van der Waals surface area contributed by atoms with Gasteiger partial charge in [-0.3, -0.25) is 19.3 Å². The summed E-state index contributed by atoms with van der Waals surface area (Å²) in [5.41, 5.74) is -0.345. The lowest BCUT2D eigenvalue weighted by molar-refractivity contribution is -0.120. The Morgan fingerprint density at radius 2 is 2.05 bits per heavy atom. The van der Waals surface area contributed by atoms with E-state index in [1.54, 1.807) is 0 Å². The third-order valence-electron chi connectivity index (χ3n) is 2.88. The average molecular weight is 284 g/mol. The van der Waals surface area contributed by atoms with E-state index in [1.807, 2.05) is 6.92 Å². The summed E-state index contributed by atoms with van der Waals surface area (Å²) < 4.78 is 13.8. The molecule has 0 radical (unpaired) electrons. The topological polar surface area (TPSA) is 54.5 Å². The average Bonchev–Trinajstić information content (AvgIpc) is 2.60. The van der Waals surface area contributed by atoms with E-state index in [9.17, 15) is 18.8 Å². The van der Waals surface area contributed by atoms with E-state index in [0.717, 1.165) is 11.0 Å². The Bertz CT molecular complexity index is 585. The van der Waals surface area contributed by atoms with Gasteiger partial charge in [-0.2, -0.15) is 0 Å². The van der Waals surface area contributed by atoms with Crippen molar-refractivity contribution in [2.75, 3.05) is 11.4 Å². The number of ketones is 2. The maximum absolute atomic E-state index is 13.8. The van der Waals surface area contributed by atoms with E-state index < -0.39 is 17.5 Å². The van der Waals surface area contributed by atoms with Crippen molar-refractivity contribution < 1.29 is 18.8 Å². The molecule has 0 spiro atoms. The molecule has 1 aliphatic rings. The highest BCUT2D eigenvalue weighted by Gasteiger charge is 2.40. The van der Waals surface area contributed by atoms with Crippen LogP contribution in [0.25, 0.3) is 0 Å². The summed E-state index contributed by atoms with van der Waals surface area (Å²) >= 11 is 5.81. The van der Waals surface area contributed by atoms with Crippen LogP contribution in [0.15, 0.2) is 12.1 Å². The van der Waals surface area contributed by atoms with Gasteiger partial charge in [0.15, 0.2) is 5.78 Å². The van der Waals surface area contributed by atoms with E-state index in [4.69, 9.17) is 11.6 Å². The maximum Gasteiger partial charge on any atom is 0.300 e. The predicted molar refractivity (Wildman–Crippen MR) is 68.0 cm³/mol. The smallest absolute Gasteiger partial charge is 0.298 e. The van der Waals surface area contributed by atoms with E-state index in [2.05, 4.69) is 0 Å². The third kappa shape index (κ3) is 2.26. The van der Waals surface area contributed by atoms with Crippen LogP contribution in [0, 0.1) is 5.82 Å². The fourth-order valence-corrected chi connectivity index (χ4v) is 2.28. The second-order valence-corrected chi connectivity index (χ2v) is 4.67. The number of hydrogen-bond donors (Lipinski definition) is 0. The van der Waals surface area contributed by atoms with Gasteiger partial charge in [0.05, 0.1) is 22.8 Å². The van der Waals surface area contributed by atoms with Crippen molar-refractivity contribution >= 4 is 34.8 Å². The van der Waals surface area contributed by atoms with Gasteiger partial charge in [0.2, 0.25) is 0 Å². The van der Waals surface area contributed by atoms with Crippen LogP contribution in [-0.2, 0) is 9.59 Å². The number of hydrogen-bond acceptors (Lipinski definition) is 3. The molecule has 0 bridgehead atoms. The van der Waals surface area contributed by atoms with Crippen LogP contribution in [0.2, 0.25) is 5.02 Å². The van der Waals surface area contributed by atoms with E-state index in [1.165, 1.54) is 6.07 Å². The lowest BCUT2D eigenvalue weighted by atomic mass is 10.1. The number of nitrogens with zero attached hydrogens (tertiary/aromatic N) is 1. The second kappa shape index (κ2) is 5.09. The van der Waals surface area contributed by atoms with Gasteiger partial charge in [-0.1, -0.05) is 18.5 Å². The molecule has 2 rings (SSSR count). The van der Waals surface area contributed by atoms with Crippen molar-refractivity contribution in [3.05, 3.63) is 28.5 Å². The molecule has 0 aliphatic carbocycles. The number of amides is 1. The molecule has 0 unspecified atom stereocenters. The molecule has 100 valence electrons. The molecule has 0 saturated carbocycles. The lowest BCUT2D eigenvalue weighted by Crippen LogP contribution is -2.35. The van der Waals surface area contributed by atoms with Gasteiger partial charge in [-0.25, -0.2) is 4.39 Å². The highest BCUT2D eigenvalue weighted by molar-refractivity contribution is 6.55. The molecule has 0 aromatic heterocycles. The largest absolute Gasteiger partial charge is 0.300 e. The molecule has 0 saturated heterocycles. The molecule has 4 nitrogen and oxygen atoms in total. The zero-order chi connectivity index (χ0) is 14.2. The van der Waals surface area contributed by atoms with Crippen LogP contribution >= 0.6 is 11.6 Å². The first kappa shape index (κ1) is 13.7. The Kier molecular flexibility index (Phi) is 3.66. The molecule has 1 aromatic carbocycles. The fraction of sp³-hybridized carbons (Fsp3) is 0.308. The molecule has 1 aliphatic heterocycles. The van der Waals surface area contributed by atoms with E-state index >= 15 is 0 Å². The molecular formula is C13H11ClFNO3. The molecule has 6 heteroatoms. The quantitative estimate of drug-likeness (QED) is 0.797. The van der Waals surface area contributed by atoms with Crippen molar-refractivity contribution in [1.29, 1.82) is 0 Å². The zero-order valence-electron chi connectivity index (χ0n) is 10.2. The second-order valence-electron chi connectivity index (χ2n) is 4.26. The number of halogens is 2. The standard InChI is InChI=1S/C13H11ClFNO3/c1-2-3-7(17)6-16-11-9(15)5-4-8(14)10(11)12(18)13(16)19/h4-5H,2-3,6H2,1H3. The summed E-state index contributed by atoms with van der Waals surface area (Å²) in [5.74, 6) is -2.74. The summed E-state index contributed by atoms with van der Waals surface area (Å²) in [6, 6.07) is 2.29. The van der Waals surface area contributed by atoms with Gasteiger partial charge in [0.25, 0.3) is 11.7 Å². The summed E-state index contributed by atoms with van der Waals surface area (Å²) in [4.78, 5) is 36.0. The number of rotatable bonds is 4. The van der Waals surface area contributed by atoms with Crippen molar-refractivity contribution in [3.8, 4) is 0 Å². The molecule has 0 N–H and O–H groups in total. The van der Waals surface area contributed by atoms with Gasteiger partial charge in [-0.15, -0.1) is 0 Å². The molecule has 19 heavy (non-hydrogen) atoms. The minimum absolute atomic E-state index is 0.0141. The van der Waals surface area contributed by atoms with Gasteiger partial charge in [0, 0.05) is 6.42 Å². The van der Waals surface area contributed by atoms with Crippen LogP contribution in [0.1, 0.15) is 30.1 Å². The van der Waals surface area contributed by atoms with E-state index in [-0.39, 0.29) is 35.0 Å². The number of carbonyl (C=O) groups is 3. The first-order valence-corrected chi connectivity index (χ1v) is 6.21. The van der Waals surface area contributed by atoms with Gasteiger partial charge < -0.3 is 0 Å². The van der Waals surface area contributed by atoms with Crippen molar-refractivity contribution in [2.24, 2.45) is 0 Å². The van der Waals surface area contributed by atoms with Crippen molar-refractivity contribution in [3.63, 3.8) is 0 Å². The van der Waals surface area contributed by atoms with Crippen LogP contribution < -0.4 is 4.90 Å². The predicted octanol–water partition coefficient (Wildman–Crippen LogP) is 2.38. The van der Waals surface area contributed by atoms with Crippen LogP contribution in [0.3, 0.4) is 0 Å². The molecule has 0 atom stereocenters. The molecule has 1 amide bonds. The summed E-state index contributed by atoms with van der Waals surface area (Å²) in [7, 11) is 0. The zero-order valence-corrected chi connectivity index (χ0v) is 11.0. The number of Topliss-reactive ketones (excluding diaryl/α,β-unsaturated/α-hetero) is 2. The minimum Gasteiger partial charge on any atom is -0.298 e. The van der Waals surface area contributed by atoms with E-state index in [0.29, 0.717) is 6.42 Å². The van der Waals surface area contributed by atoms with Gasteiger partial charge in [0.1, 0.15) is 5.82 Å². The molecule has 1 aromatic rings. The number of carbonyl (C=O) groups excluding carboxylic acids is 3. The normalized spacial score (nSPS) is 13.9. The Morgan fingerprint density at radius 3 is 2.68 bits per heavy atom. The first-order chi connectivity index (χ1) is 8.97. The van der Waals surface area contributed by atoms with Crippen molar-refractivity contribution in [1.82, 2.24) is 0 Å². The summed E-state index contributed by atoms with van der Waals surface area (Å²) in [5, 5.41) is 0.0141. The monoisotopic (exact) mass is 283 g/mol. The Morgan fingerprint density at radius 1 is 1.37 bits per heavy atom. The highest BCUT2D eigenvalue weighted by atomic mass is 35.5. The maximum atomic E-state index is 13.8. The SMILES string of the molecule is CCCC(=O)CN1C(=O)C(=O)c2c(Cl)ccc(F)c21. The molecule has 0 fully saturated rings. The fourth-order valence-electron chi connectivity index (χ4n) is 2.04. The van der Waals surface area contributed by atoms with Crippen LogP contribution in [0.5, 0.6) is 0 Å². The van der Waals surface area contributed by atoms with Crippen LogP contribution in [0.4, 0.5) is 10.1 Å². The lowest BCUT2D eigenvalue weighted by Gasteiger charge is -2.16. The summed E-state index contributed by atoms with van der Waals surface area (Å²) in [6.45, 7) is 1.52. The number of benzene rings is 1. The third-order valence-corrected chi connectivity index (χ3v) is 3.19. The highest BCUT2D eigenvalue weighted by Crippen LogP contribution is 2.36. The molecular weight excluding hydrogens is 273 g/mol. The number of anilines is 1. The first-order valence-electron chi connectivity index (χ1n) is 5.83. The summed E-state index contributed by atoms with van der Waals surface area (Å²) in [6.07, 6.45) is 0.898. The molecule has 1 heterocycles. The Balaban J connectivity index is 2.44. The van der Waals surface area contributed by atoms with Crippen LogP contribution in [-0.4, -0.2) is 24.0 Å². The van der Waals surface area contributed by atoms with Gasteiger partial charge in [-0.05, 0) is 18.6 Å². The van der Waals surface area contributed by atoms with Crippen molar-refractivity contribution in [2.45, 2.75) is 19.8 Å². The number of fused-ring (bicyclic) bond motifs is 1. The Labute approximate surface area is 114 Å². The minimum atomic E-state index is -0.911.